The number of allylic oxidation sites excluding steroid dienone is 8. The number of esters is 3. The lowest BCUT2D eigenvalue weighted by atomic mass is 10.0. The maximum absolute atomic E-state index is 12.6. The predicted molar refractivity (Wildman–Crippen MR) is 242 cm³/mol. The predicted octanol–water partition coefficient (Wildman–Crippen LogP) is 15.5. The first-order valence-electron chi connectivity index (χ1n) is 24.1. The van der Waals surface area contributed by atoms with Crippen LogP contribution in [-0.2, 0) is 28.6 Å². The van der Waals surface area contributed by atoms with E-state index in [2.05, 4.69) is 57.2 Å². The third kappa shape index (κ3) is 44.3. The fraction of sp³-hybridized carbons (Fsp3) is 0.784. The zero-order valence-electron chi connectivity index (χ0n) is 37.6. The summed E-state index contributed by atoms with van der Waals surface area (Å²) in [6.45, 7) is 6.41. The highest BCUT2D eigenvalue weighted by atomic mass is 16.6. The van der Waals surface area contributed by atoms with E-state index in [0.29, 0.717) is 19.3 Å². The fourth-order valence-electron chi connectivity index (χ4n) is 6.75. The first kappa shape index (κ1) is 54.4. The van der Waals surface area contributed by atoms with Gasteiger partial charge in [0.1, 0.15) is 13.2 Å². The van der Waals surface area contributed by atoms with Gasteiger partial charge in [-0.15, -0.1) is 0 Å². The molecule has 0 aliphatic rings. The van der Waals surface area contributed by atoms with Gasteiger partial charge in [0, 0.05) is 19.3 Å². The third-order valence-corrected chi connectivity index (χ3v) is 10.4. The van der Waals surface area contributed by atoms with E-state index in [1.54, 1.807) is 0 Å². The van der Waals surface area contributed by atoms with Crippen LogP contribution in [0.15, 0.2) is 48.6 Å². The molecule has 0 saturated heterocycles. The maximum atomic E-state index is 12.6. The Balaban J connectivity index is 4.23. The summed E-state index contributed by atoms with van der Waals surface area (Å²) in [5.74, 6) is -0.988. The molecule has 0 bridgehead atoms. The summed E-state index contributed by atoms with van der Waals surface area (Å²) >= 11 is 0. The van der Waals surface area contributed by atoms with E-state index in [0.717, 1.165) is 64.2 Å². The Morgan fingerprint density at radius 1 is 0.368 bits per heavy atom. The van der Waals surface area contributed by atoms with Gasteiger partial charge >= 0.3 is 17.9 Å². The number of carbonyl (C=O) groups excluding carboxylic acids is 3. The van der Waals surface area contributed by atoms with Crippen molar-refractivity contribution in [3.63, 3.8) is 0 Å². The smallest absolute Gasteiger partial charge is 0.306 e. The normalized spacial score (nSPS) is 12.4. The van der Waals surface area contributed by atoms with Gasteiger partial charge in [-0.2, -0.15) is 0 Å². The van der Waals surface area contributed by atoms with E-state index in [1.807, 2.05) is 12.2 Å². The van der Waals surface area contributed by atoms with Crippen LogP contribution in [0.1, 0.15) is 239 Å². The lowest BCUT2D eigenvalue weighted by Gasteiger charge is -2.18. The van der Waals surface area contributed by atoms with Crippen LogP contribution < -0.4 is 0 Å². The van der Waals surface area contributed by atoms with Gasteiger partial charge in [0.15, 0.2) is 6.10 Å². The molecule has 0 spiro atoms. The molecular weight excluding hydrogens is 709 g/mol. The molecule has 0 N–H and O–H groups in total. The summed E-state index contributed by atoms with van der Waals surface area (Å²) in [6, 6.07) is 0. The molecule has 0 aliphatic heterocycles. The highest BCUT2D eigenvalue weighted by Gasteiger charge is 2.19. The summed E-state index contributed by atoms with van der Waals surface area (Å²) in [4.78, 5) is 37.6. The van der Waals surface area contributed by atoms with Gasteiger partial charge in [-0.3, -0.25) is 14.4 Å². The SMILES string of the molecule is CC/C=C\C/C=C\C/C=C\C/C=C\CCC(=O)OC(COC(=O)CCCCCCCC)COC(=O)CCCCCCCCCCCCCCCCCCCCCC. The molecule has 0 aromatic heterocycles. The molecule has 0 aliphatic carbocycles. The minimum absolute atomic E-state index is 0.0992. The Hall–Kier alpha value is -2.63. The zero-order chi connectivity index (χ0) is 41.5. The first-order chi connectivity index (χ1) is 28.0. The molecule has 1 unspecified atom stereocenters. The topological polar surface area (TPSA) is 78.9 Å². The second kappa shape index (κ2) is 46.1. The van der Waals surface area contributed by atoms with Crippen molar-refractivity contribution in [2.75, 3.05) is 13.2 Å². The maximum Gasteiger partial charge on any atom is 0.306 e. The van der Waals surface area contributed by atoms with E-state index < -0.39 is 6.10 Å². The van der Waals surface area contributed by atoms with Gasteiger partial charge in [0.25, 0.3) is 0 Å². The quantitative estimate of drug-likeness (QED) is 0.0265. The lowest BCUT2D eigenvalue weighted by molar-refractivity contribution is -0.166. The second-order valence-electron chi connectivity index (χ2n) is 16.0. The first-order valence-corrected chi connectivity index (χ1v) is 24.1. The fourth-order valence-corrected chi connectivity index (χ4v) is 6.75. The summed E-state index contributed by atoms with van der Waals surface area (Å²) < 4.78 is 16.6. The monoisotopic (exact) mass is 799 g/mol. The van der Waals surface area contributed by atoms with E-state index in [-0.39, 0.29) is 37.5 Å². The van der Waals surface area contributed by atoms with Crippen LogP contribution in [0.5, 0.6) is 0 Å². The summed E-state index contributed by atoms with van der Waals surface area (Å²) in [5.41, 5.74) is 0. The molecule has 0 rings (SSSR count). The van der Waals surface area contributed by atoms with E-state index >= 15 is 0 Å². The van der Waals surface area contributed by atoms with Crippen molar-refractivity contribution < 1.29 is 28.6 Å². The highest BCUT2D eigenvalue weighted by molar-refractivity contribution is 5.71. The molecule has 0 amide bonds. The molecule has 1 atom stereocenters. The molecule has 0 radical (unpaired) electrons. The standard InChI is InChI=1S/C51H90O6/c1-4-7-10-13-16-18-20-22-23-24-25-26-27-28-30-31-33-35-38-41-44-50(53)56-47-48(46-55-49(52)43-40-37-15-12-9-6-3)57-51(54)45-42-39-36-34-32-29-21-19-17-14-11-8-5-2/h8,11,17,19,29,32,36,39,48H,4-7,9-10,12-16,18,20-28,30-31,33-35,37-38,40-47H2,1-3H3/b11-8-,19-17-,32-29-,39-36-. The van der Waals surface area contributed by atoms with Crippen LogP contribution in [0.2, 0.25) is 0 Å². The number of carbonyl (C=O) groups is 3. The molecule has 0 aromatic carbocycles. The number of ether oxygens (including phenoxy) is 3. The van der Waals surface area contributed by atoms with Gasteiger partial charge < -0.3 is 14.2 Å². The molecule has 330 valence electrons. The van der Waals surface area contributed by atoms with Gasteiger partial charge in [-0.05, 0) is 44.9 Å². The van der Waals surface area contributed by atoms with Gasteiger partial charge in [0.2, 0.25) is 0 Å². The van der Waals surface area contributed by atoms with Gasteiger partial charge in [-0.25, -0.2) is 0 Å². The molecule has 0 aromatic rings. The van der Waals surface area contributed by atoms with Crippen molar-refractivity contribution in [2.24, 2.45) is 0 Å². The van der Waals surface area contributed by atoms with Crippen molar-refractivity contribution >= 4 is 17.9 Å². The summed E-state index contributed by atoms with van der Waals surface area (Å²) in [5, 5.41) is 0. The van der Waals surface area contributed by atoms with Crippen molar-refractivity contribution in [3.05, 3.63) is 48.6 Å². The van der Waals surface area contributed by atoms with Gasteiger partial charge in [0.05, 0.1) is 0 Å². The molecular formula is C51H90O6. The summed E-state index contributed by atoms with van der Waals surface area (Å²) in [7, 11) is 0. The Morgan fingerprint density at radius 3 is 1.04 bits per heavy atom. The Kier molecular flexibility index (Phi) is 43.9. The number of hydrogen-bond acceptors (Lipinski definition) is 6. The number of unbranched alkanes of at least 4 members (excludes halogenated alkanes) is 24. The Labute approximate surface area is 352 Å². The minimum atomic E-state index is -0.803. The second-order valence-corrected chi connectivity index (χ2v) is 16.0. The summed E-state index contributed by atoms with van der Waals surface area (Å²) in [6.07, 6.45) is 54.3. The average Bonchev–Trinajstić information content (AvgIpc) is 3.21. The van der Waals surface area contributed by atoms with Crippen molar-refractivity contribution in [1.82, 2.24) is 0 Å². The number of rotatable bonds is 43. The van der Waals surface area contributed by atoms with Crippen LogP contribution in [0.3, 0.4) is 0 Å². The third-order valence-electron chi connectivity index (χ3n) is 10.4. The molecule has 0 fully saturated rings. The average molecular weight is 799 g/mol. The van der Waals surface area contributed by atoms with Crippen LogP contribution in [0.4, 0.5) is 0 Å². The van der Waals surface area contributed by atoms with Crippen molar-refractivity contribution in [1.29, 1.82) is 0 Å². The lowest BCUT2D eigenvalue weighted by Crippen LogP contribution is -2.30. The van der Waals surface area contributed by atoms with Crippen LogP contribution >= 0.6 is 0 Å². The largest absolute Gasteiger partial charge is 0.462 e. The molecule has 6 nitrogen and oxygen atoms in total. The van der Waals surface area contributed by atoms with E-state index in [1.165, 1.54) is 128 Å². The Morgan fingerprint density at radius 2 is 0.684 bits per heavy atom. The van der Waals surface area contributed by atoms with E-state index in [4.69, 9.17) is 14.2 Å². The van der Waals surface area contributed by atoms with Gasteiger partial charge in [-0.1, -0.05) is 223 Å². The van der Waals surface area contributed by atoms with Crippen LogP contribution in [0, 0.1) is 0 Å². The van der Waals surface area contributed by atoms with Crippen LogP contribution in [-0.4, -0.2) is 37.2 Å². The van der Waals surface area contributed by atoms with E-state index in [9.17, 15) is 14.4 Å². The van der Waals surface area contributed by atoms with Crippen molar-refractivity contribution in [3.8, 4) is 0 Å². The molecule has 57 heavy (non-hydrogen) atoms. The van der Waals surface area contributed by atoms with Crippen molar-refractivity contribution in [2.45, 2.75) is 245 Å². The van der Waals surface area contributed by atoms with Crippen LogP contribution in [0.25, 0.3) is 0 Å². The molecule has 0 saturated carbocycles. The highest BCUT2D eigenvalue weighted by Crippen LogP contribution is 2.16. The molecule has 0 heterocycles. The minimum Gasteiger partial charge on any atom is -0.462 e. The Bertz CT molecular complexity index is 1010. The zero-order valence-corrected chi connectivity index (χ0v) is 37.6. The molecule has 6 heteroatoms. The number of hydrogen-bond donors (Lipinski definition) is 0.